The quantitative estimate of drug-likeness (QED) is 0.674. The Morgan fingerprint density at radius 3 is 2.04 bits per heavy atom. The molecule has 0 radical (unpaired) electrons. The first kappa shape index (κ1) is 17.0. The van der Waals surface area contributed by atoms with E-state index >= 15 is 0 Å². The van der Waals surface area contributed by atoms with Gasteiger partial charge in [-0.2, -0.15) is 0 Å². The summed E-state index contributed by atoms with van der Waals surface area (Å²) in [5.41, 5.74) is 1.40. The van der Waals surface area contributed by atoms with Crippen molar-refractivity contribution in [1.29, 1.82) is 0 Å². The minimum Gasteiger partial charge on any atom is -0.314 e. The van der Waals surface area contributed by atoms with Crippen LogP contribution in [0.4, 0.5) is 5.69 Å². The summed E-state index contributed by atoms with van der Waals surface area (Å²) in [5, 5.41) is 2.10. The Hall–Kier alpha value is -3.47. The van der Waals surface area contributed by atoms with Crippen LogP contribution in [-0.2, 0) is 4.79 Å². The SMILES string of the molecule is CC(C(=O)N(C)c1ccc2ccccc2c1)N1C(=O)c2ccccc2C1=O. The van der Waals surface area contributed by atoms with Crippen molar-refractivity contribution in [2.24, 2.45) is 0 Å². The average molecular weight is 358 g/mol. The van der Waals surface area contributed by atoms with Gasteiger partial charge in [-0.05, 0) is 42.0 Å². The lowest BCUT2D eigenvalue weighted by Crippen LogP contribution is -2.48. The summed E-state index contributed by atoms with van der Waals surface area (Å²) < 4.78 is 0. The first-order valence-corrected chi connectivity index (χ1v) is 8.72. The van der Waals surface area contributed by atoms with Gasteiger partial charge in [0.05, 0.1) is 11.1 Å². The normalized spacial score (nSPS) is 14.4. The number of benzene rings is 3. The maximum atomic E-state index is 13.0. The van der Waals surface area contributed by atoms with E-state index in [1.807, 2.05) is 42.5 Å². The molecule has 1 aliphatic rings. The monoisotopic (exact) mass is 358 g/mol. The second-order valence-electron chi connectivity index (χ2n) is 6.63. The summed E-state index contributed by atoms with van der Waals surface area (Å²) in [6, 6.07) is 19.3. The zero-order valence-electron chi connectivity index (χ0n) is 15.0. The fraction of sp³-hybridized carbons (Fsp3) is 0.136. The zero-order chi connectivity index (χ0) is 19.1. The highest BCUT2D eigenvalue weighted by atomic mass is 16.2. The summed E-state index contributed by atoms with van der Waals surface area (Å²) in [6.45, 7) is 1.58. The molecule has 5 heteroatoms. The van der Waals surface area contributed by atoms with Gasteiger partial charge < -0.3 is 4.90 Å². The minimum atomic E-state index is -0.895. The average Bonchev–Trinajstić information content (AvgIpc) is 2.96. The predicted octanol–water partition coefficient (Wildman–Crippen LogP) is 3.49. The smallest absolute Gasteiger partial charge is 0.262 e. The highest BCUT2D eigenvalue weighted by Gasteiger charge is 2.41. The van der Waals surface area contributed by atoms with Crippen molar-refractivity contribution in [3.63, 3.8) is 0 Å². The van der Waals surface area contributed by atoms with Gasteiger partial charge in [-0.1, -0.05) is 42.5 Å². The van der Waals surface area contributed by atoms with Gasteiger partial charge in [0.2, 0.25) is 5.91 Å². The van der Waals surface area contributed by atoms with Crippen LogP contribution in [0.5, 0.6) is 0 Å². The number of rotatable bonds is 3. The van der Waals surface area contributed by atoms with Crippen molar-refractivity contribution in [3.05, 3.63) is 77.9 Å². The number of imide groups is 1. The molecule has 3 aromatic carbocycles. The number of likely N-dealkylation sites (N-methyl/N-ethyl adjacent to an activating group) is 1. The Morgan fingerprint density at radius 1 is 0.852 bits per heavy atom. The van der Waals surface area contributed by atoms with E-state index < -0.39 is 17.9 Å². The van der Waals surface area contributed by atoms with Crippen LogP contribution in [0.15, 0.2) is 66.7 Å². The van der Waals surface area contributed by atoms with E-state index in [-0.39, 0.29) is 5.91 Å². The Balaban J connectivity index is 1.62. The summed E-state index contributed by atoms with van der Waals surface area (Å²) in [4.78, 5) is 40.8. The first-order valence-electron chi connectivity index (χ1n) is 8.72. The lowest BCUT2D eigenvalue weighted by Gasteiger charge is -2.27. The molecule has 1 unspecified atom stereocenters. The molecule has 0 saturated heterocycles. The molecule has 0 spiro atoms. The molecule has 0 aromatic heterocycles. The molecule has 0 saturated carbocycles. The zero-order valence-corrected chi connectivity index (χ0v) is 15.0. The Kier molecular flexibility index (Phi) is 4.00. The summed E-state index contributed by atoms with van der Waals surface area (Å²) >= 11 is 0. The molecule has 5 nitrogen and oxygen atoms in total. The number of nitrogens with zero attached hydrogens (tertiary/aromatic N) is 2. The van der Waals surface area contributed by atoms with Gasteiger partial charge in [-0.25, -0.2) is 0 Å². The minimum absolute atomic E-state index is 0.320. The van der Waals surface area contributed by atoms with Crippen molar-refractivity contribution in [2.75, 3.05) is 11.9 Å². The number of carbonyl (C=O) groups excluding carboxylic acids is 3. The topological polar surface area (TPSA) is 57.7 Å². The van der Waals surface area contributed by atoms with Crippen LogP contribution < -0.4 is 4.90 Å². The number of carbonyl (C=O) groups is 3. The van der Waals surface area contributed by atoms with Crippen LogP contribution >= 0.6 is 0 Å². The maximum Gasteiger partial charge on any atom is 0.262 e. The van der Waals surface area contributed by atoms with Gasteiger partial charge in [0, 0.05) is 12.7 Å². The molecular formula is C22H18N2O3. The van der Waals surface area contributed by atoms with Crippen molar-refractivity contribution in [3.8, 4) is 0 Å². The number of amides is 3. The van der Waals surface area contributed by atoms with Crippen molar-refractivity contribution < 1.29 is 14.4 Å². The van der Waals surface area contributed by atoms with Crippen molar-refractivity contribution in [1.82, 2.24) is 4.90 Å². The second kappa shape index (κ2) is 6.36. The van der Waals surface area contributed by atoms with E-state index in [1.165, 1.54) is 4.90 Å². The molecule has 1 aliphatic heterocycles. The molecule has 0 fully saturated rings. The number of hydrogen-bond donors (Lipinski definition) is 0. The Bertz CT molecular complexity index is 1050. The van der Waals surface area contributed by atoms with Crippen molar-refractivity contribution in [2.45, 2.75) is 13.0 Å². The molecule has 0 aliphatic carbocycles. The van der Waals surface area contributed by atoms with Gasteiger partial charge in [-0.3, -0.25) is 19.3 Å². The molecular weight excluding hydrogens is 340 g/mol. The lowest BCUT2D eigenvalue weighted by molar-refractivity contribution is -0.121. The van der Waals surface area contributed by atoms with E-state index in [0.717, 1.165) is 15.7 Å². The highest BCUT2D eigenvalue weighted by molar-refractivity contribution is 6.23. The van der Waals surface area contributed by atoms with E-state index in [2.05, 4.69) is 0 Å². The summed E-state index contributed by atoms with van der Waals surface area (Å²) in [7, 11) is 1.65. The molecule has 134 valence electrons. The van der Waals surface area contributed by atoms with E-state index in [0.29, 0.717) is 16.8 Å². The molecule has 27 heavy (non-hydrogen) atoms. The van der Waals surface area contributed by atoms with Gasteiger partial charge in [0.15, 0.2) is 0 Å². The van der Waals surface area contributed by atoms with E-state index in [4.69, 9.17) is 0 Å². The molecule has 3 aromatic rings. The van der Waals surface area contributed by atoms with Crippen LogP contribution in [0.3, 0.4) is 0 Å². The Labute approximate surface area is 156 Å². The van der Waals surface area contributed by atoms with Crippen LogP contribution in [-0.4, -0.2) is 35.7 Å². The van der Waals surface area contributed by atoms with Crippen LogP contribution in [0.25, 0.3) is 10.8 Å². The number of anilines is 1. The van der Waals surface area contributed by atoms with Crippen LogP contribution in [0, 0.1) is 0 Å². The third-order valence-corrected chi connectivity index (χ3v) is 5.02. The molecule has 4 rings (SSSR count). The predicted molar refractivity (Wildman–Crippen MR) is 104 cm³/mol. The van der Waals surface area contributed by atoms with Crippen molar-refractivity contribution >= 4 is 34.2 Å². The van der Waals surface area contributed by atoms with Gasteiger partial charge in [-0.15, -0.1) is 0 Å². The molecule has 1 heterocycles. The Morgan fingerprint density at radius 2 is 1.41 bits per heavy atom. The lowest BCUT2D eigenvalue weighted by atomic mass is 10.1. The fourth-order valence-electron chi connectivity index (χ4n) is 3.46. The fourth-order valence-corrected chi connectivity index (χ4v) is 3.46. The molecule has 3 amide bonds. The van der Waals surface area contributed by atoms with Crippen LogP contribution in [0.1, 0.15) is 27.6 Å². The molecule has 0 bridgehead atoms. The largest absolute Gasteiger partial charge is 0.314 e. The summed E-state index contributed by atoms with van der Waals surface area (Å²) in [5.74, 6) is -1.17. The number of fused-ring (bicyclic) bond motifs is 2. The maximum absolute atomic E-state index is 13.0. The third-order valence-electron chi connectivity index (χ3n) is 5.02. The first-order chi connectivity index (χ1) is 13.0. The third kappa shape index (κ3) is 2.68. The number of hydrogen-bond acceptors (Lipinski definition) is 3. The van der Waals surface area contributed by atoms with E-state index in [1.54, 1.807) is 38.2 Å². The second-order valence-corrected chi connectivity index (χ2v) is 6.63. The standard InChI is InChI=1S/C22H18N2O3/c1-14(24-21(26)18-9-5-6-10-19(18)22(24)27)20(25)23(2)17-12-11-15-7-3-4-8-16(15)13-17/h3-14H,1-2H3. The van der Waals surface area contributed by atoms with Crippen LogP contribution in [0.2, 0.25) is 0 Å². The highest BCUT2D eigenvalue weighted by Crippen LogP contribution is 2.27. The molecule has 1 atom stereocenters. The van der Waals surface area contributed by atoms with Gasteiger partial charge in [0.25, 0.3) is 11.8 Å². The molecule has 0 N–H and O–H groups in total. The van der Waals surface area contributed by atoms with E-state index in [9.17, 15) is 14.4 Å². The summed E-state index contributed by atoms with van der Waals surface area (Å²) in [6.07, 6.45) is 0. The van der Waals surface area contributed by atoms with Gasteiger partial charge in [0.1, 0.15) is 6.04 Å². The van der Waals surface area contributed by atoms with Gasteiger partial charge >= 0.3 is 0 Å².